The van der Waals surface area contributed by atoms with Crippen LogP contribution in [0.15, 0.2) is 34.8 Å². The zero-order valence-electron chi connectivity index (χ0n) is 11.5. The van der Waals surface area contributed by atoms with Crippen LogP contribution in [0.1, 0.15) is 20.8 Å². The fourth-order valence-electron chi connectivity index (χ4n) is 1.78. The highest BCUT2D eigenvalue weighted by atomic mass is 32.2. The van der Waals surface area contributed by atoms with Crippen molar-refractivity contribution in [3.8, 4) is 0 Å². The van der Waals surface area contributed by atoms with E-state index in [0.29, 0.717) is 5.56 Å². The maximum Gasteiger partial charge on any atom is 0.346 e. The molecule has 112 valence electrons. The molecular weight excluding hydrogens is 312 g/mol. The van der Waals surface area contributed by atoms with E-state index in [9.17, 15) is 13.2 Å². The maximum absolute atomic E-state index is 12.4. The summed E-state index contributed by atoms with van der Waals surface area (Å²) in [5, 5.41) is 9.01. The van der Waals surface area contributed by atoms with E-state index in [1.54, 1.807) is 31.5 Å². The van der Waals surface area contributed by atoms with Crippen molar-refractivity contribution in [2.24, 2.45) is 0 Å². The van der Waals surface area contributed by atoms with Gasteiger partial charge >= 0.3 is 5.97 Å². The highest BCUT2D eigenvalue weighted by Crippen LogP contribution is 2.28. The molecule has 2 rings (SSSR count). The van der Waals surface area contributed by atoms with E-state index >= 15 is 0 Å². The van der Waals surface area contributed by atoms with Gasteiger partial charge in [-0.2, -0.15) is 4.31 Å². The number of hydrogen-bond acceptors (Lipinski definition) is 5. The zero-order valence-corrected chi connectivity index (χ0v) is 13.1. The van der Waals surface area contributed by atoms with Gasteiger partial charge in [0, 0.05) is 26.0 Å². The van der Waals surface area contributed by atoms with Crippen LogP contribution in [0.3, 0.4) is 0 Å². The smallest absolute Gasteiger partial charge is 0.346 e. The molecule has 0 atom stereocenters. The summed E-state index contributed by atoms with van der Waals surface area (Å²) in [5.74, 6) is -1.12. The molecule has 0 amide bonds. The van der Waals surface area contributed by atoms with E-state index in [4.69, 9.17) is 5.11 Å². The monoisotopic (exact) mass is 326 g/mol. The average Bonchev–Trinajstić information content (AvgIpc) is 2.82. The van der Waals surface area contributed by atoms with Gasteiger partial charge in [-0.25, -0.2) is 13.2 Å². The first-order valence-electron chi connectivity index (χ1n) is 6.01. The summed E-state index contributed by atoms with van der Waals surface area (Å²) in [5.41, 5.74) is 1.20. The Bertz CT molecular complexity index is 754. The van der Waals surface area contributed by atoms with Crippen molar-refractivity contribution < 1.29 is 18.3 Å². The first-order chi connectivity index (χ1) is 9.82. The summed E-state index contributed by atoms with van der Waals surface area (Å²) in [6.45, 7) is 1.76. The van der Waals surface area contributed by atoms with Gasteiger partial charge < -0.3 is 5.11 Å². The number of hydrogen-bond donors (Lipinski definition) is 1. The van der Waals surface area contributed by atoms with E-state index in [2.05, 4.69) is 4.98 Å². The van der Waals surface area contributed by atoms with Gasteiger partial charge in [0.2, 0.25) is 0 Å². The fraction of sp³-hybridized carbons (Fsp3) is 0.231. The van der Waals surface area contributed by atoms with Crippen molar-refractivity contribution in [1.29, 1.82) is 0 Å². The Hall–Kier alpha value is -1.77. The molecule has 2 heterocycles. The molecule has 2 aromatic rings. The summed E-state index contributed by atoms with van der Waals surface area (Å²) in [4.78, 5) is 15.0. The first kappa shape index (κ1) is 15.6. The molecule has 0 saturated heterocycles. The Labute approximate surface area is 126 Å². The van der Waals surface area contributed by atoms with Crippen LogP contribution < -0.4 is 0 Å². The minimum atomic E-state index is -3.71. The second kappa shape index (κ2) is 5.92. The van der Waals surface area contributed by atoms with Gasteiger partial charge in [-0.15, -0.1) is 11.3 Å². The SMILES string of the molecule is Cc1cc(S(=O)(=O)N(C)Cc2cccnc2)sc1C(=O)O. The van der Waals surface area contributed by atoms with Crippen molar-refractivity contribution in [2.75, 3.05) is 7.05 Å². The van der Waals surface area contributed by atoms with Crippen LogP contribution in [0.25, 0.3) is 0 Å². The Morgan fingerprint density at radius 2 is 2.19 bits per heavy atom. The van der Waals surface area contributed by atoms with E-state index in [-0.39, 0.29) is 15.6 Å². The molecule has 6 nitrogen and oxygen atoms in total. The molecule has 0 saturated carbocycles. The third kappa shape index (κ3) is 3.29. The second-order valence-corrected chi connectivity index (χ2v) is 7.83. The van der Waals surface area contributed by atoms with Gasteiger partial charge in [-0.05, 0) is 30.2 Å². The lowest BCUT2D eigenvalue weighted by atomic mass is 10.3. The topological polar surface area (TPSA) is 87.6 Å². The lowest BCUT2D eigenvalue weighted by molar-refractivity contribution is 0.0701. The number of nitrogens with zero attached hydrogens (tertiary/aromatic N) is 2. The molecule has 1 N–H and O–H groups in total. The Morgan fingerprint density at radius 1 is 1.48 bits per heavy atom. The summed E-state index contributed by atoms with van der Waals surface area (Å²) in [7, 11) is -2.26. The number of aromatic nitrogens is 1. The molecule has 0 aromatic carbocycles. The molecule has 0 aliphatic carbocycles. The molecule has 0 aliphatic heterocycles. The number of rotatable bonds is 5. The third-order valence-electron chi connectivity index (χ3n) is 2.88. The predicted molar refractivity (Wildman–Crippen MR) is 78.9 cm³/mol. The Morgan fingerprint density at radius 3 is 2.71 bits per heavy atom. The molecular formula is C13H14N2O4S2. The Balaban J connectivity index is 2.29. The maximum atomic E-state index is 12.4. The minimum Gasteiger partial charge on any atom is -0.477 e. The van der Waals surface area contributed by atoms with Crippen molar-refractivity contribution >= 4 is 27.3 Å². The van der Waals surface area contributed by atoms with Crippen LogP contribution in [0, 0.1) is 6.92 Å². The van der Waals surface area contributed by atoms with Crippen molar-refractivity contribution in [3.05, 3.63) is 46.6 Å². The summed E-state index contributed by atoms with van der Waals surface area (Å²) in [6.07, 6.45) is 3.20. The van der Waals surface area contributed by atoms with Crippen LogP contribution in [0.4, 0.5) is 0 Å². The number of sulfonamides is 1. The van der Waals surface area contributed by atoms with E-state index in [1.807, 2.05) is 0 Å². The number of carbonyl (C=O) groups is 1. The molecule has 0 bridgehead atoms. The van der Waals surface area contributed by atoms with Gasteiger partial charge in [-0.1, -0.05) is 6.07 Å². The minimum absolute atomic E-state index is 0.0313. The average molecular weight is 326 g/mol. The first-order valence-corrected chi connectivity index (χ1v) is 8.27. The molecule has 21 heavy (non-hydrogen) atoms. The second-order valence-electron chi connectivity index (χ2n) is 4.51. The molecule has 0 fully saturated rings. The Kier molecular flexibility index (Phi) is 4.40. The molecule has 0 unspecified atom stereocenters. The quantitative estimate of drug-likeness (QED) is 0.907. The van der Waals surface area contributed by atoms with Crippen molar-refractivity contribution in [3.63, 3.8) is 0 Å². The predicted octanol–water partition coefficient (Wildman–Crippen LogP) is 1.97. The fourth-order valence-corrected chi connectivity index (χ4v) is 4.53. The van der Waals surface area contributed by atoms with Crippen LogP contribution in [0.5, 0.6) is 0 Å². The van der Waals surface area contributed by atoms with Gasteiger partial charge in [0.1, 0.15) is 9.09 Å². The normalized spacial score (nSPS) is 11.8. The lowest BCUT2D eigenvalue weighted by Gasteiger charge is -2.15. The standard InChI is InChI=1S/C13H14N2O4S2/c1-9-6-11(20-12(9)13(16)17)21(18,19)15(2)8-10-4-3-5-14-7-10/h3-7H,8H2,1-2H3,(H,16,17). The third-order valence-corrected chi connectivity index (χ3v) is 6.36. The number of aryl methyl sites for hydroxylation is 1. The molecule has 0 spiro atoms. The molecule has 8 heteroatoms. The number of carboxylic acids is 1. The van der Waals surface area contributed by atoms with Gasteiger partial charge in [-0.3, -0.25) is 4.98 Å². The summed E-state index contributed by atoms with van der Waals surface area (Å²) >= 11 is 0.769. The van der Waals surface area contributed by atoms with Crippen LogP contribution >= 0.6 is 11.3 Å². The molecule has 0 aliphatic rings. The van der Waals surface area contributed by atoms with Gasteiger partial charge in [0.15, 0.2) is 0 Å². The molecule has 2 aromatic heterocycles. The van der Waals surface area contributed by atoms with Crippen molar-refractivity contribution in [1.82, 2.24) is 9.29 Å². The molecule has 0 radical (unpaired) electrons. The number of carboxylic acid groups (broad SMARTS) is 1. The number of aromatic carboxylic acids is 1. The van der Waals surface area contributed by atoms with Crippen LogP contribution in [-0.2, 0) is 16.6 Å². The van der Waals surface area contributed by atoms with E-state index in [1.165, 1.54) is 17.4 Å². The largest absolute Gasteiger partial charge is 0.477 e. The van der Waals surface area contributed by atoms with E-state index < -0.39 is 16.0 Å². The van der Waals surface area contributed by atoms with Gasteiger partial charge in [0.25, 0.3) is 10.0 Å². The zero-order chi connectivity index (χ0) is 15.6. The number of thiophene rings is 1. The van der Waals surface area contributed by atoms with Crippen LogP contribution in [-0.4, -0.2) is 35.8 Å². The van der Waals surface area contributed by atoms with Gasteiger partial charge in [0.05, 0.1) is 0 Å². The summed E-state index contributed by atoms with van der Waals surface area (Å²) in [6, 6.07) is 4.90. The van der Waals surface area contributed by atoms with Crippen LogP contribution in [0.2, 0.25) is 0 Å². The lowest BCUT2D eigenvalue weighted by Crippen LogP contribution is -2.25. The summed E-state index contributed by atoms with van der Waals surface area (Å²) < 4.78 is 26.1. The van der Waals surface area contributed by atoms with E-state index in [0.717, 1.165) is 16.9 Å². The number of pyridine rings is 1. The van der Waals surface area contributed by atoms with Crippen molar-refractivity contribution in [2.45, 2.75) is 17.7 Å². The highest BCUT2D eigenvalue weighted by Gasteiger charge is 2.25. The highest BCUT2D eigenvalue weighted by molar-refractivity contribution is 7.91.